The molecule has 1 aliphatic rings. The largest absolute Gasteiger partial charge is 0.343 e. The van der Waals surface area contributed by atoms with Crippen molar-refractivity contribution in [2.75, 3.05) is 18.4 Å². The van der Waals surface area contributed by atoms with Gasteiger partial charge in [0.05, 0.1) is 5.69 Å². The highest BCUT2D eigenvalue weighted by molar-refractivity contribution is 5.92. The fraction of sp³-hybridized carbons (Fsp3) is 0.467. The quantitative estimate of drug-likeness (QED) is 0.902. The molecule has 2 amide bonds. The molecule has 1 heterocycles. The minimum atomic E-state index is -0.417. The number of hydrogen-bond donors (Lipinski definition) is 1. The van der Waals surface area contributed by atoms with Gasteiger partial charge in [-0.05, 0) is 37.5 Å². The molecule has 1 fully saturated rings. The molecular weight excluding hydrogens is 259 g/mol. The van der Waals surface area contributed by atoms with Crippen LogP contribution in [-0.2, 0) is 9.59 Å². The summed E-state index contributed by atoms with van der Waals surface area (Å²) < 4.78 is 13.7. The van der Waals surface area contributed by atoms with Crippen LogP contribution in [0, 0.1) is 18.7 Å². The summed E-state index contributed by atoms with van der Waals surface area (Å²) in [6.07, 6.45) is 1.25. The molecule has 5 heteroatoms. The number of carbonyl (C=O) groups is 2. The van der Waals surface area contributed by atoms with Crippen LogP contribution >= 0.6 is 0 Å². The lowest BCUT2D eigenvalue weighted by molar-refractivity contribution is -0.132. The van der Waals surface area contributed by atoms with E-state index in [1.807, 2.05) is 0 Å². The van der Waals surface area contributed by atoms with E-state index in [0.717, 1.165) is 5.56 Å². The number of benzene rings is 1. The minimum absolute atomic E-state index is 0.0356. The van der Waals surface area contributed by atoms with Gasteiger partial charge in [0.2, 0.25) is 11.8 Å². The second-order valence-electron chi connectivity index (χ2n) is 5.25. The van der Waals surface area contributed by atoms with Crippen LogP contribution in [0.25, 0.3) is 0 Å². The van der Waals surface area contributed by atoms with Crippen LogP contribution in [0.3, 0.4) is 0 Å². The third-order valence-electron chi connectivity index (χ3n) is 3.69. The summed E-state index contributed by atoms with van der Waals surface area (Å²) in [6.45, 7) is 4.50. The molecule has 0 aromatic heterocycles. The van der Waals surface area contributed by atoms with Crippen LogP contribution in [0.2, 0.25) is 0 Å². The van der Waals surface area contributed by atoms with Crippen molar-refractivity contribution in [3.63, 3.8) is 0 Å². The average molecular weight is 278 g/mol. The summed E-state index contributed by atoms with van der Waals surface area (Å²) in [5, 5.41) is 2.63. The predicted octanol–water partition coefficient (Wildman–Crippen LogP) is 2.33. The number of nitrogens with one attached hydrogen (secondary N) is 1. The number of amides is 2. The molecule has 0 atom stereocenters. The predicted molar refractivity (Wildman–Crippen MR) is 74.7 cm³/mol. The number of rotatable bonds is 2. The molecule has 0 saturated carbocycles. The van der Waals surface area contributed by atoms with E-state index in [1.165, 1.54) is 13.0 Å². The second kappa shape index (κ2) is 6.03. The summed E-state index contributed by atoms with van der Waals surface area (Å²) in [5.41, 5.74) is 1.03. The normalized spacial score (nSPS) is 16.1. The van der Waals surface area contributed by atoms with Crippen molar-refractivity contribution in [2.24, 2.45) is 5.92 Å². The summed E-state index contributed by atoms with van der Waals surface area (Å²) in [6, 6.07) is 4.73. The maximum absolute atomic E-state index is 13.7. The Bertz CT molecular complexity index is 523. The Hall–Kier alpha value is -1.91. The Balaban J connectivity index is 1.94. The van der Waals surface area contributed by atoms with Gasteiger partial charge < -0.3 is 10.2 Å². The molecule has 1 aromatic rings. The molecule has 1 saturated heterocycles. The zero-order valence-corrected chi connectivity index (χ0v) is 11.8. The Kier molecular flexibility index (Phi) is 4.37. The molecule has 108 valence electrons. The molecular formula is C15H19FN2O2. The standard InChI is InChI=1S/C15H19FN2O2/c1-10-3-4-14(13(16)9-10)17-15(20)12-5-7-18(8-6-12)11(2)19/h3-4,9,12H,5-8H2,1-2H3,(H,17,20). The van der Waals surface area contributed by atoms with Gasteiger partial charge >= 0.3 is 0 Å². The van der Waals surface area contributed by atoms with E-state index in [9.17, 15) is 14.0 Å². The fourth-order valence-electron chi connectivity index (χ4n) is 2.41. The van der Waals surface area contributed by atoms with Crippen molar-refractivity contribution < 1.29 is 14.0 Å². The molecule has 4 nitrogen and oxygen atoms in total. The molecule has 0 aliphatic carbocycles. The van der Waals surface area contributed by atoms with Gasteiger partial charge in [0, 0.05) is 25.9 Å². The lowest BCUT2D eigenvalue weighted by Crippen LogP contribution is -2.40. The lowest BCUT2D eigenvalue weighted by atomic mass is 9.95. The zero-order chi connectivity index (χ0) is 14.7. The van der Waals surface area contributed by atoms with Crippen molar-refractivity contribution in [3.05, 3.63) is 29.6 Å². The number of halogens is 1. The first-order valence-corrected chi connectivity index (χ1v) is 6.80. The monoisotopic (exact) mass is 278 g/mol. The number of hydrogen-bond acceptors (Lipinski definition) is 2. The third kappa shape index (κ3) is 3.35. The number of anilines is 1. The number of likely N-dealkylation sites (tertiary alicyclic amines) is 1. The first kappa shape index (κ1) is 14.5. The van der Waals surface area contributed by atoms with Crippen molar-refractivity contribution in [3.8, 4) is 0 Å². The molecule has 1 N–H and O–H groups in total. The maximum atomic E-state index is 13.7. The van der Waals surface area contributed by atoms with E-state index >= 15 is 0 Å². The van der Waals surface area contributed by atoms with Gasteiger partial charge in [-0.3, -0.25) is 9.59 Å². The van der Waals surface area contributed by atoms with Crippen molar-refractivity contribution >= 4 is 17.5 Å². The van der Waals surface area contributed by atoms with Crippen LogP contribution in [-0.4, -0.2) is 29.8 Å². The Morgan fingerprint density at radius 3 is 2.50 bits per heavy atom. The first-order chi connectivity index (χ1) is 9.47. The van der Waals surface area contributed by atoms with Crippen LogP contribution in [0.4, 0.5) is 10.1 Å². The van der Waals surface area contributed by atoms with E-state index in [2.05, 4.69) is 5.32 Å². The summed E-state index contributed by atoms with van der Waals surface area (Å²) in [4.78, 5) is 25.1. The van der Waals surface area contributed by atoms with E-state index in [1.54, 1.807) is 24.0 Å². The van der Waals surface area contributed by atoms with Crippen LogP contribution < -0.4 is 5.32 Å². The Labute approximate surface area is 118 Å². The summed E-state index contributed by atoms with van der Waals surface area (Å²) >= 11 is 0. The van der Waals surface area contributed by atoms with E-state index in [4.69, 9.17) is 0 Å². The Morgan fingerprint density at radius 1 is 1.30 bits per heavy atom. The molecule has 2 rings (SSSR count). The fourth-order valence-corrected chi connectivity index (χ4v) is 2.41. The van der Waals surface area contributed by atoms with E-state index in [0.29, 0.717) is 25.9 Å². The number of aryl methyl sites for hydroxylation is 1. The van der Waals surface area contributed by atoms with E-state index < -0.39 is 5.82 Å². The molecule has 0 radical (unpaired) electrons. The highest BCUT2D eigenvalue weighted by Gasteiger charge is 2.26. The lowest BCUT2D eigenvalue weighted by Gasteiger charge is -2.30. The van der Waals surface area contributed by atoms with Crippen LogP contribution in [0.1, 0.15) is 25.3 Å². The smallest absolute Gasteiger partial charge is 0.227 e. The summed E-state index contributed by atoms with van der Waals surface area (Å²) in [5.74, 6) is -0.713. The summed E-state index contributed by atoms with van der Waals surface area (Å²) in [7, 11) is 0. The van der Waals surface area contributed by atoms with Gasteiger partial charge in [-0.25, -0.2) is 4.39 Å². The maximum Gasteiger partial charge on any atom is 0.227 e. The Morgan fingerprint density at radius 2 is 1.95 bits per heavy atom. The number of carbonyl (C=O) groups excluding carboxylic acids is 2. The zero-order valence-electron chi connectivity index (χ0n) is 11.8. The van der Waals surface area contributed by atoms with Gasteiger partial charge in [0.25, 0.3) is 0 Å². The van der Waals surface area contributed by atoms with Crippen LogP contribution in [0.15, 0.2) is 18.2 Å². The number of piperidine rings is 1. The highest BCUT2D eigenvalue weighted by atomic mass is 19.1. The molecule has 0 unspecified atom stereocenters. The molecule has 0 spiro atoms. The molecule has 1 aromatic carbocycles. The van der Waals surface area contributed by atoms with E-state index in [-0.39, 0.29) is 23.4 Å². The van der Waals surface area contributed by atoms with Gasteiger partial charge in [-0.15, -0.1) is 0 Å². The second-order valence-corrected chi connectivity index (χ2v) is 5.25. The van der Waals surface area contributed by atoms with Crippen molar-refractivity contribution in [1.29, 1.82) is 0 Å². The molecule has 1 aliphatic heterocycles. The van der Waals surface area contributed by atoms with Gasteiger partial charge in [-0.1, -0.05) is 6.07 Å². The SMILES string of the molecule is CC(=O)N1CCC(C(=O)Nc2ccc(C)cc2F)CC1. The minimum Gasteiger partial charge on any atom is -0.343 e. The third-order valence-corrected chi connectivity index (χ3v) is 3.69. The molecule has 0 bridgehead atoms. The molecule has 20 heavy (non-hydrogen) atoms. The average Bonchev–Trinajstić information content (AvgIpc) is 2.42. The van der Waals surface area contributed by atoms with Crippen molar-refractivity contribution in [2.45, 2.75) is 26.7 Å². The van der Waals surface area contributed by atoms with Crippen LogP contribution in [0.5, 0.6) is 0 Å². The first-order valence-electron chi connectivity index (χ1n) is 6.80. The van der Waals surface area contributed by atoms with Gasteiger partial charge in [0.15, 0.2) is 0 Å². The van der Waals surface area contributed by atoms with Gasteiger partial charge in [0.1, 0.15) is 5.82 Å². The topological polar surface area (TPSA) is 49.4 Å². The highest BCUT2D eigenvalue weighted by Crippen LogP contribution is 2.21. The van der Waals surface area contributed by atoms with Gasteiger partial charge in [-0.2, -0.15) is 0 Å². The van der Waals surface area contributed by atoms with Crippen molar-refractivity contribution in [1.82, 2.24) is 4.90 Å². The number of nitrogens with zero attached hydrogens (tertiary/aromatic N) is 1.